The second-order valence-corrected chi connectivity index (χ2v) is 9.69. The molecule has 4 N–H and O–H groups in total. The van der Waals surface area contributed by atoms with Gasteiger partial charge in [-0.15, -0.1) is 0 Å². The first-order valence-corrected chi connectivity index (χ1v) is 11.6. The number of likely N-dealkylation sites (tertiary alicyclic amines) is 1. The van der Waals surface area contributed by atoms with Crippen LogP contribution in [0.15, 0.2) is 36.5 Å². The van der Waals surface area contributed by atoms with Gasteiger partial charge in [-0.25, -0.2) is 9.37 Å². The molecule has 0 spiro atoms. The highest BCUT2D eigenvalue weighted by Gasteiger charge is 2.60. The number of benzene rings is 1. The lowest BCUT2D eigenvalue weighted by molar-refractivity contribution is 0.0868. The Hall–Kier alpha value is -2.51. The van der Waals surface area contributed by atoms with Crippen molar-refractivity contribution in [2.24, 2.45) is 5.92 Å². The number of alkyl halides is 1. The van der Waals surface area contributed by atoms with E-state index in [0.717, 1.165) is 37.1 Å². The highest BCUT2D eigenvalue weighted by molar-refractivity contribution is 5.99. The minimum Gasteiger partial charge on any atom is -0.393 e. The van der Waals surface area contributed by atoms with E-state index in [2.05, 4.69) is 39.5 Å². The number of nitrogens with one attached hydrogen (secondary N) is 1. The fraction of sp³-hybridized carbons (Fsp3) is 0.520. The third-order valence-corrected chi connectivity index (χ3v) is 7.61. The summed E-state index contributed by atoms with van der Waals surface area (Å²) in [5, 5.41) is 12.7. The van der Waals surface area contributed by atoms with Crippen LogP contribution in [-0.2, 0) is 5.41 Å². The number of nitrogen functional groups attached to an aromatic ring is 1. The minimum atomic E-state index is -0.287. The van der Waals surface area contributed by atoms with E-state index in [1.807, 2.05) is 0 Å². The predicted molar refractivity (Wildman–Crippen MR) is 122 cm³/mol. The molecule has 3 fully saturated rings. The van der Waals surface area contributed by atoms with Crippen molar-refractivity contribution in [2.45, 2.75) is 49.7 Å². The molecule has 32 heavy (non-hydrogen) atoms. The molecule has 2 saturated carbocycles. The van der Waals surface area contributed by atoms with Crippen LogP contribution in [0.2, 0.25) is 0 Å². The third kappa shape index (κ3) is 3.99. The molecule has 1 amide bonds. The quantitative estimate of drug-likeness (QED) is 0.645. The fourth-order valence-electron chi connectivity index (χ4n) is 5.62. The summed E-state index contributed by atoms with van der Waals surface area (Å²) >= 11 is 0. The lowest BCUT2D eigenvalue weighted by atomic mass is 9.92. The number of fused-ring (bicyclic) bond motifs is 1. The van der Waals surface area contributed by atoms with Crippen molar-refractivity contribution < 1.29 is 14.3 Å². The summed E-state index contributed by atoms with van der Waals surface area (Å²) in [7, 11) is 0. The van der Waals surface area contributed by atoms with Gasteiger partial charge in [0, 0.05) is 42.9 Å². The van der Waals surface area contributed by atoms with E-state index in [1.54, 1.807) is 12.3 Å². The summed E-state index contributed by atoms with van der Waals surface area (Å²) < 4.78 is 12.7. The molecule has 2 aliphatic carbocycles. The molecule has 2 atom stereocenters. The van der Waals surface area contributed by atoms with Gasteiger partial charge in [0.1, 0.15) is 12.5 Å². The number of nitrogens with two attached hydrogens (primary N) is 1. The van der Waals surface area contributed by atoms with E-state index in [-0.39, 0.29) is 36.0 Å². The van der Waals surface area contributed by atoms with Gasteiger partial charge in [-0.1, -0.05) is 24.3 Å². The van der Waals surface area contributed by atoms with Crippen LogP contribution in [0, 0.1) is 5.92 Å². The molecule has 6 nitrogen and oxygen atoms in total. The second kappa shape index (κ2) is 8.45. The van der Waals surface area contributed by atoms with Crippen LogP contribution in [0.4, 0.5) is 10.2 Å². The van der Waals surface area contributed by atoms with Crippen LogP contribution in [0.25, 0.3) is 11.1 Å². The van der Waals surface area contributed by atoms with Gasteiger partial charge in [0.2, 0.25) is 0 Å². The summed E-state index contributed by atoms with van der Waals surface area (Å²) in [6.07, 6.45) is 5.58. The van der Waals surface area contributed by atoms with Gasteiger partial charge < -0.3 is 16.2 Å². The van der Waals surface area contributed by atoms with Crippen LogP contribution in [0.5, 0.6) is 0 Å². The first-order valence-electron chi connectivity index (χ1n) is 11.6. The standard InChI is InChI=1S/C25H31FN4O2/c26-9-10-30-14-19-12-25(19,15-30)18-3-1-16(2-4-18)17-11-22(23(27)28-13-17)24(32)29-20-5-7-21(31)8-6-20/h1-4,11,13,19-21,31H,5-10,12,14-15H2,(H2,27,28)(H,29,32)/t19-,20?,21?,25+/m0/s1. The third-order valence-electron chi connectivity index (χ3n) is 7.61. The number of rotatable bonds is 6. The van der Waals surface area contributed by atoms with Gasteiger partial charge in [0.15, 0.2) is 0 Å². The number of carbonyl (C=O) groups is 1. The number of pyridine rings is 1. The van der Waals surface area contributed by atoms with Crippen molar-refractivity contribution in [2.75, 3.05) is 32.0 Å². The molecule has 170 valence electrons. The molecular weight excluding hydrogens is 407 g/mol. The maximum atomic E-state index is 12.8. The Balaban J connectivity index is 1.30. The number of aliphatic hydroxyl groups excluding tert-OH is 1. The van der Waals surface area contributed by atoms with Crippen molar-refractivity contribution in [1.82, 2.24) is 15.2 Å². The monoisotopic (exact) mass is 438 g/mol. The number of amides is 1. The normalized spacial score (nSPS) is 29.5. The zero-order valence-electron chi connectivity index (χ0n) is 18.3. The second-order valence-electron chi connectivity index (χ2n) is 9.69. The van der Waals surface area contributed by atoms with Crippen molar-refractivity contribution in [1.29, 1.82) is 0 Å². The van der Waals surface area contributed by atoms with Gasteiger partial charge in [-0.3, -0.25) is 9.69 Å². The molecule has 0 bridgehead atoms. The summed E-state index contributed by atoms with van der Waals surface area (Å²) in [4.78, 5) is 19.3. The smallest absolute Gasteiger partial charge is 0.255 e. The molecule has 1 aromatic carbocycles. The van der Waals surface area contributed by atoms with Crippen molar-refractivity contribution in [3.05, 3.63) is 47.7 Å². The highest BCUT2D eigenvalue weighted by atomic mass is 19.1. The van der Waals surface area contributed by atoms with Gasteiger partial charge in [0.25, 0.3) is 5.91 Å². The molecule has 7 heteroatoms. The summed E-state index contributed by atoms with van der Waals surface area (Å²) in [6.45, 7) is 2.17. The molecule has 5 rings (SSSR count). The molecule has 1 aromatic heterocycles. The Morgan fingerprint density at radius 1 is 1.22 bits per heavy atom. The number of aliphatic hydroxyl groups is 1. The van der Waals surface area contributed by atoms with E-state index >= 15 is 0 Å². The molecule has 3 aliphatic rings. The van der Waals surface area contributed by atoms with Crippen LogP contribution in [0.3, 0.4) is 0 Å². The molecule has 0 radical (unpaired) electrons. The molecular formula is C25H31FN4O2. The number of piperidine rings is 1. The average molecular weight is 439 g/mol. The van der Waals surface area contributed by atoms with Crippen LogP contribution < -0.4 is 11.1 Å². The Morgan fingerprint density at radius 3 is 2.69 bits per heavy atom. The predicted octanol–water partition coefficient (Wildman–Crippen LogP) is 2.91. The Morgan fingerprint density at radius 2 is 1.97 bits per heavy atom. The first kappa shape index (κ1) is 21.3. The van der Waals surface area contributed by atoms with Crippen LogP contribution >= 0.6 is 0 Å². The number of carbonyl (C=O) groups excluding carboxylic acids is 1. The molecule has 1 aliphatic heterocycles. The SMILES string of the molecule is Nc1ncc(-c2ccc([C@]34C[C@H]3CN(CCF)C4)cc2)cc1C(=O)NC1CCC(O)CC1. The lowest BCUT2D eigenvalue weighted by Gasteiger charge is -2.26. The van der Waals surface area contributed by atoms with Gasteiger partial charge >= 0.3 is 0 Å². The van der Waals surface area contributed by atoms with E-state index in [9.17, 15) is 14.3 Å². The van der Waals surface area contributed by atoms with Crippen molar-refractivity contribution in [3.8, 4) is 11.1 Å². The van der Waals surface area contributed by atoms with Gasteiger partial charge in [-0.2, -0.15) is 0 Å². The largest absolute Gasteiger partial charge is 0.393 e. The number of hydrogen-bond acceptors (Lipinski definition) is 5. The van der Waals surface area contributed by atoms with E-state index in [4.69, 9.17) is 5.73 Å². The number of hydrogen-bond donors (Lipinski definition) is 3. The maximum absolute atomic E-state index is 12.8. The molecule has 2 heterocycles. The molecule has 2 aromatic rings. The Kier molecular flexibility index (Phi) is 5.63. The van der Waals surface area contributed by atoms with E-state index < -0.39 is 0 Å². The Labute approximate surface area is 188 Å². The zero-order valence-corrected chi connectivity index (χ0v) is 18.3. The number of nitrogens with zero attached hydrogens (tertiary/aromatic N) is 2. The van der Waals surface area contributed by atoms with Crippen molar-refractivity contribution >= 4 is 11.7 Å². The van der Waals surface area contributed by atoms with Crippen LogP contribution in [-0.4, -0.2) is 59.4 Å². The van der Waals surface area contributed by atoms with Gasteiger partial charge in [-0.05, 0) is 55.2 Å². The zero-order chi connectivity index (χ0) is 22.3. The number of anilines is 1. The lowest BCUT2D eigenvalue weighted by Crippen LogP contribution is -2.38. The molecule has 0 unspecified atom stereocenters. The van der Waals surface area contributed by atoms with Crippen LogP contribution in [0.1, 0.15) is 48.0 Å². The maximum Gasteiger partial charge on any atom is 0.255 e. The summed E-state index contributed by atoms with van der Waals surface area (Å²) in [5.41, 5.74) is 9.75. The fourth-order valence-corrected chi connectivity index (χ4v) is 5.62. The number of aromatic nitrogens is 1. The minimum absolute atomic E-state index is 0.0577. The average Bonchev–Trinajstić information content (AvgIpc) is 3.37. The van der Waals surface area contributed by atoms with Crippen molar-refractivity contribution in [3.63, 3.8) is 0 Å². The molecule has 1 saturated heterocycles. The van der Waals surface area contributed by atoms with E-state index in [0.29, 0.717) is 30.9 Å². The summed E-state index contributed by atoms with van der Waals surface area (Å²) in [5.74, 6) is 0.639. The Bertz CT molecular complexity index is 990. The highest BCUT2D eigenvalue weighted by Crippen LogP contribution is 2.59. The topological polar surface area (TPSA) is 91.5 Å². The van der Waals surface area contributed by atoms with E-state index in [1.165, 1.54) is 12.0 Å². The van der Waals surface area contributed by atoms with Gasteiger partial charge in [0.05, 0.1) is 11.7 Å². The first-order chi connectivity index (χ1) is 15.5. The number of halogens is 1. The summed E-state index contributed by atoms with van der Waals surface area (Å²) in [6, 6.07) is 10.3.